The number of hydrogen-bond acceptors (Lipinski definition) is 6. The molecule has 1 aliphatic heterocycles. The Morgan fingerprint density at radius 1 is 1.07 bits per heavy atom. The highest BCUT2D eigenvalue weighted by Gasteiger charge is 2.21. The number of benzene rings is 2. The molecule has 1 heterocycles. The normalized spacial score (nSPS) is 15.9. The van der Waals surface area contributed by atoms with Gasteiger partial charge >= 0.3 is 0 Å². The fourth-order valence-electron chi connectivity index (χ4n) is 3.39. The minimum atomic E-state index is -0.565. The molecule has 0 bridgehead atoms. The van der Waals surface area contributed by atoms with Crippen LogP contribution in [0.1, 0.15) is 17.3 Å². The lowest BCUT2D eigenvalue weighted by molar-refractivity contribution is 0.0662. The zero-order valence-electron chi connectivity index (χ0n) is 16.5. The van der Waals surface area contributed by atoms with Crippen molar-refractivity contribution in [3.63, 3.8) is 0 Å². The lowest BCUT2D eigenvalue weighted by Gasteiger charge is -2.37. The summed E-state index contributed by atoms with van der Waals surface area (Å²) in [6.07, 6.45) is -0.565. The molecule has 6 heteroatoms. The van der Waals surface area contributed by atoms with Gasteiger partial charge in [0.25, 0.3) is 0 Å². The molecule has 2 aromatic carbocycles. The Morgan fingerprint density at radius 2 is 1.75 bits per heavy atom. The summed E-state index contributed by atoms with van der Waals surface area (Å²) in [6, 6.07) is 15.0. The van der Waals surface area contributed by atoms with Gasteiger partial charge in [-0.25, -0.2) is 0 Å². The number of β-amino-alcohol motifs (C(OH)–C–C–N with tert-alkyl or cyclic N) is 1. The number of methoxy groups -OCH3 is 1. The minimum Gasteiger partial charge on any atom is -0.495 e. The number of anilines is 1. The summed E-state index contributed by atoms with van der Waals surface area (Å²) in [5.74, 6) is 1.57. The molecule has 0 aromatic heterocycles. The molecule has 0 spiro atoms. The zero-order chi connectivity index (χ0) is 19.9. The third-order valence-corrected chi connectivity index (χ3v) is 4.97. The van der Waals surface area contributed by atoms with Gasteiger partial charge < -0.3 is 19.5 Å². The van der Waals surface area contributed by atoms with Crippen LogP contribution in [0.3, 0.4) is 0 Å². The highest BCUT2D eigenvalue weighted by atomic mass is 16.5. The second-order valence-electron chi connectivity index (χ2n) is 7.00. The molecule has 6 nitrogen and oxygen atoms in total. The van der Waals surface area contributed by atoms with Crippen LogP contribution in [0.2, 0.25) is 0 Å². The predicted octanol–water partition coefficient (Wildman–Crippen LogP) is 2.46. The van der Waals surface area contributed by atoms with Gasteiger partial charge in [-0.1, -0.05) is 12.1 Å². The maximum absolute atomic E-state index is 11.3. The van der Waals surface area contributed by atoms with Crippen molar-refractivity contribution < 1.29 is 19.4 Å². The van der Waals surface area contributed by atoms with Crippen LogP contribution in [0.4, 0.5) is 5.69 Å². The Kier molecular flexibility index (Phi) is 6.90. The number of nitrogens with zero attached hydrogens (tertiary/aromatic N) is 2. The number of ether oxygens (including phenoxy) is 2. The predicted molar refractivity (Wildman–Crippen MR) is 110 cm³/mol. The quantitative estimate of drug-likeness (QED) is 0.706. The monoisotopic (exact) mass is 384 g/mol. The van der Waals surface area contributed by atoms with Crippen LogP contribution in [-0.4, -0.2) is 68.3 Å². The second kappa shape index (κ2) is 9.57. The van der Waals surface area contributed by atoms with Gasteiger partial charge in [-0.15, -0.1) is 0 Å². The number of hydrogen-bond donors (Lipinski definition) is 1. The van der Waals surface area contributed by atoms with Crippen LogP contribution >= 0.6 is 0 Å². The summed E-state index contributed by atoms with van der Waals surface area (Å²) in [5.41, 5.74) is 1.77. The van der Waals surface area contributed by atoms with Gasteiger partial charge in [-0.05, 0) is 43.3 Å². The van der Waals surface area contributed by atoms with E-state index in [4.69, 9.17) is 9.47 Å². The van der Waals surface area contributed by atoms with Crippen molar-refractivity contribution in [1.82, 2.24) is 4.90 Å². The molecule has 3 rings (SSSR count). The van der Waals surface area contributed by atoms with Gasteiger partial charge in [0, 0.05) is 38.3 Å². The number of piperazine rings is 1. The summed E-state index contributed by atoms with van der Waals surface area (Å²) >= 11 is 0. The standard InChI is InChI=1S/C22H28N2O4/c1-17(25)18-7-9-20(10-8-18)28-16-19(26)15-23-11-13-24(14-12-23)21-5-3-4-6-22(21)27-2/h3-10,19,26H,11-16H2,1-2H3. The molecule has 1 unspecified atom stereocenters. The highest BCUT2D eigenvalue weighted by Crippen LogP contribution is 2.28. The smallest absolute Gasteiger partial charge is 0.159 e. The van der Waals surface area contributed by atoms with Gasteiger partial charge in [0.15, 0.2) is 5.78 Å². The van der Waals surface area contributed by atoms with Gasteiger partial charge in [-0.3, -0.25) is 9.69 Å². The molecule has 1 saturated heterocycles. The SMILES string of the molecule is COc1ccccc1N1CCN(CC(O)COc2ccc(C(C)=O)cc2)CC1. The zero-order valence-corrected chi connectivity index (χ0v) is 16.5. The van der Waals surface area contributed by atoms with Crippen LogP contribution in [0.5, 0.6) is 11.5 Å². The number of aliphatic hydroxyl groups excluding tert-OH is 1. The van der Waals surface area contributed by atoms with E-state index in [1.165, 1.54) is 6.92 Å². The topological polar surface area (TPSA) is 62.2 Å². The van der Waals surface area contributed by atoms with Crippen molar-refractivity contribution in [2.24, 2.45) is 0 Å². The van der Waals surface area contributed by atoms with Crippen LogP contribution in [0, 0.1) is 0 Å². The van der Waals surface area contributed by atoms with Gasteiger partial charge in [0.05, 0.1) is 12.8 Å². The average molecular weight is 384 g/mol. The first-order valence-corrected chi connectivity index (χ1v) is 9.59. The van der Waals surface area contributed by atoms with E-state index in [1.54, 1.807) is 31.4 Å². The summed E-state index contributed by atoms with van der Waals surface area (Å²) in [5, 5.41) is 10.3. The lowest BCUT2D eigenvalue weighted by Crippen LogP contribution is -2.49. The van der Waals surface area contributed by atoms with Gasteiger partial charge in [0.1, 0.15) is 24.2 Å². The maximum atomic E-state index is 11.3. The third kappa shape index (κ3) is 5.24. The Morgan fingerprint density at radius 3 is 2.39 bits per heavy atom. The van der Waals surface area contributed by atoms with Gasteiger partial charge in [-0.2, -0.15) is 0 Å². The largest absolute Gasteiger partial charge is 0.495 e. The van der Waals surface area contributed by atoms with E-state index in [0.29, 0.717) is 17.9 Å². The molecule has 150 valence electrons. The third-order valence-electron chi connectivity index (χ3n) is 4.97. The van der Waals surface area contributed by atoms with Crippen molar-refractivity contribution >= 4 is 11.5 Å². The fraction of sp³-hybridized carbons (Fsp3) is 0.409. The number of para-hydroxylation sites is 2. The summed E-state index contributed by atoms with van der Waals surface area (Å²) in [6.45, 7) is 5.87. The Hall–Kier alpha value is -2.57. The fourth-order valence-corrected chi connectivity index (χ4v) is 3.39. The van der Waals surface area contributed by atoms with E-state index in [9.17, 15) is 9.90 Å². The first-order chi connectivity index (χ1) is 13.6. The van der Waals surface area contributed by atoms with Crippen molar-refractivity contribution in [1.29, 1.82) is 0 Å². The van der Waals surface area contributed by atoms with Crippen molar-refractivity contribution in [2.75, 3.05) is 51.3 Å². The molecule has 2 aromatic rings. The van der Waals surface area contributed by atoms with E-state index < -0.39 is 6.10 Å². The average Bonchev–Trinajstić information content (AvgIpc) is 2.73. The molecule has 28 heavy (non-hydrogen) atoms. The number of carbonyl (C=O) groups excluding carboxylic acids is 1. The van der Waals surface area contributed by atoms with E-state index >= 15 is 0 Å². The summed E-state index contributed by atoms with van der Waals surface area (Å²) < 4.78 is 11.1. The lowest BCUT2D eigenvalue weighted by atomic mass is 10.1. The number of Topliss-reactive ketones (excluding diaryl/α,β-unsaturated/α-hetero) is 1. The Bertz CT molecular complexity index is 770. The second-order valence-corrected chi connectivity index (χ2v) is 7.00. The Balaban J connectivity index is 1.43. The number of carbonyl (C=O) groups is 1. The first-order valence-electron chi connectivity index (χ1n) is 9.59. The Labute approximate surface area is 166 Å². The summed E-state index contributed by atoms with van der Waals surface area (Å²) in [4.78, 5) is 15.9. The van der Waals surface area contributed by atoms with Crippen molar-refractivity contribution in [3.05, 3.63) is 54.1 Å². The molecular weight excluding hydrogens is 356 g/mol. The molecular formula is C22H28N2O4. The highest BCUT2D eigenvalue weighted by molar-refractivity contribution is 5.94. The number of rotatable bonds is 8. The molecule has 1 fully saturated rings. The molecule has 1 atom stereocenters. The molecule has 0 radical (unpaired) electrons. The molecule has 0 aliphatic carbocycles. The van der Waals surface area contributed by atoms with Crippen LogP contribution in [0.25, 0.3) is 0 Å². The van der Waals surface area contributed by atoms with Crippen molar-refractivity contribution in [3.8, 4) is 11.5 Å². The van der Waals surface area contributed by atoms with E-state index in [2.05, 4.69) is 15.9 Å². The van der Waals surface area contributed by atoms with E-state index in [0.717, 1.165) is 37.6 Å². The number of ketones is 1. The molecule has 1 N–H and O–H groups in total. The summed E-state index contributed by atoms with van der Waals surface area (Å²) in [7, 11) is 1.69. The number of aliphatic hydroxyl groups is 1. The first kappa shape index (κ1) is 20.2. The maximum Gasteiger partial charge on any atom is 0.159 e. The van der Waals surface area contributed by atoms with Crippen LogP contribution in [-0.2, 0) is 0 Å². The van der Waals surface area contributed by atoms with Crippen LogP contribution in [0.15, 0.2) is 48.5 Å². The minimum absolute atomic E-state index is 0.0267. The van der Waals surface area contributed by atoms with Gasteiger partial charge in [0.2, 0.25) is 0 Å². The molecule has 0 amide bonds. The molecule has 0 saturated carbocycles. The van der Waals surface area contributed by atoms with E-state index in [1.807, 2.05) is 18.2 Å². The molecule has 1 aliphatic rings. The van der Waals surface area contributed by atoms with Crippen molar-refractivity contribution in [2.45, 2.75) is 13.0 Å². The van der Waals surface area contributed by atoms with Crippen LogP contribution < -0.4 is 14.4 Å². The van der Waals surface area contributed by atoms with E-state index in [-0.39, 0.29) is 12.4 Å².